The fraction of sp³-hybridized carbons (Fsp3) is 0.111. The van der Waals surface area contributed by atoms with Gasteiger partial charge < -0.3 is 11.1 Å². The highest BCUT2D eigenvalue weighted by Crippen LogP contribution is 2.25. The topological polar surface area (TPSA) is 93.3 Å². The van der Waals surface area contributed by atoms with Crippen LogP contribution >= 0.6 is 11.3 Å². The van der Waals surface area contributed by atoms with Crippen molar-refractivity contribution >= 4 is 34.0 Å². The summed E-state index contributed by atoms with van der Waals surface area (Å²) in [5.74, 6) is -0.925. The minimum absolute atomic E-state index is 0.224. The Hall–Kier alpha value is -3.27. The van der Waals surface area contributed by atoms with Crippen LogP contribution in [0.25, 0.3) is 21.5 Å². The predicted molar refractivity (Wildman–Crippen MR) is 102 cm³/mol. The number of thiazole rings is 1. The van der Waals surface area contributed by atoms with Crippen LogP contribution in [0, 0.1) is 0 Å². The zero-order valence-corrected chi connectivity index (χ0v) is 15.3. The van der Waals surface area contributed by atoms with E-state index in [9.17, 15) is 18.0 Å². The van der Waals surface area contributed by atoms with Gasteiger partial charge in [0.05, 0.1) is 5.52 Å². The molecular weight excluding hydrogens is 391 g/mol. The standard InChI is InChI=1S/C18H14F3N5OS/c1-23-15(8-14(22)18(19,20)21)26-16(27)11-3-2-10-6-12(9-25-13(10)7-11)17-24-4-5-28-17/h2-9H,22H2,1H3,(H,23,26,27)/b14-8-. The summed E-state index contributed by atoms with van der Waals surface area (Å²) in [5, 5.41) is 5.79. The SMILES string of the molecule is CN=C(/C=C(\N)C(F)(F)F)NC(=O)c1ccc2cc(-c3nccs3)cnc2c1. The predicted octanol–water partition coefficient (Wildman–Crippen LogP) is 3.52. The second kappa shape index (κ2) is 7.77. The molecule has 0 atom stereocenters. The van der Waals surface area contributed by atoms with E-state index in [-0.39, 0.29) is 11.4 Å². The van der Waals surface area contributed by atoms with Crippen molar-refractivity contribution in [2.24, 2.45) is 10.7 Å². The first-order valence-corrected chi connectivity index (χ1v) is 8.78. The van der Waals surface area contributed by atoms with E-state index in [0.29, 0.717) is 11.6 Å². The number of nitrogens with zero attached hydrogens (tertiary/aromatic N) is 3. The number of halogens is 3. The first-order chi connectivity index (χ1) is 13.3. The van der Waals surface area contributed by atoms with Gasteiger partial charge in [-0.25, -0.2) is 4.98 Å². The number of aliphatic imine (C=N–C) groups is 1. The second-order valence-electron chi connectivity index (χ2n) is 5.63. The Morgan fingerprint density at radius 1 is 1.29 bits per heavy atom. The molecule has 0 unspecified atom stereocenters. The van der Waals surface area contributed by atoms with Crippen molar-refractivity contribution in [3.05, 3.63) is 59.4 Å². The van der Waals surface area contributed by atoms with Gasteiger partial charge in [0, 0.05) is 47.4 Å². The number of hydrogen-bond acceptors (Lipinski definition) is 6. The van der Waals surface area contributed by atoms with Gasteiger partial charge in [-0.05, 0) is 18.2 Å². The molecule has 0 radical (unpaired) electrons. The number of amidine groups is 1. The number of benzene rings is 1. The molecule has 0 aliphatic carbocycles. The van der Waals surface area contributed by atoms with Gasteiger partial charge >= 0.3 is 6.18 Å². The van der Waals surface area contributed by atoms with Crippen LogP contribution < -0.4 is 11.1 Å². The number of allylic oxidation sites excluding steroid dienone is 1. The van der Waals surface area contributed by atoms with Gasteiger partial charge in [-0.15, -0.1) is 11.3 Å². The highest BCUT2D eigenvalue weighted by atomic mass is 32.1. The van der Waals surface area contributed by atoms with Crippen molar-refractivity contribution in [1.29, 1.82) is 0 Å². The number of pyridine rings is 1. The number of aromatic nitrogens is 2. The van der Waals surface area contributed by atoms with Crippen LogP contribution in [0.2, 0.25) is 0 Å². The minimum Gasteiger partial charge on any atom is -0.395 e. The maximum Gasteiger partial charge on any atom is 0.430 e. The Morgan fingerprint density at radius 3 is 2.71 bits per heavy atom. The summed E-state index contributed by atoms with van der Waals surface area (Å²) in [6, 6.07) is 6.70. The number of carbonyl (C=O) groups is 1. The number of nitrogens with one attached hydrogen (secondary N) is 1. The second-order valence-corrected chi connectivity index (χ2v) is 6.52. The van der Waals surface area contributed by atoms with Gasteiger partial charge in [0.15, 0.2) is 0 Å². The zero-order chi connectivity index (χ0) is 20.3. The Bertz CT molecular complexity index is 1070. The Labute approximate surface area is 161 Å². The lowest BCUT2D eigenvalue weighted by molar-refractivity contribution is -0.0925. The smallest absolute Gasteiger partial charge is 0.395 e. The summed E-state index contributed by atoms with van der Waals surface area (Å²) in [6.45, 7) is 0. The van der Waals surface area contributed by atoms with Gasteiger partial charge in [0.2, 0.25) is 0 Å². The number of amides is 1. The number of fused-ring (bicyclic) bond motifs is 1. The van der Waals surface area contributed by atoms with Crippen molar-refractivity contribution in [3.63, 3.8) is 0 Å². The van der Waals surface area contributed by atoms with Crippen LogP contribution in [0.3, 0.4) is 0 Å². The Morgan fingerprint density at radius 2 is 2.07 bits per heavy atom. The average molecular weight is 405 g/mol. The van der Waals surface area contributed by atoms with E-state index in [0.717, 1.165) is 16.0 Å². The fourth-order valence-corrected chi connectivity index (χ4v) is 2.94. The molecule has 10 heteroatoms. The molecule has 0 fully saturated rings. The lowest BCUT2D eigenvalue weighted by Crippen LogP contribution is -2.31. The summed E-state index contributed by atoms with van der Waals surface area (Å²) in [6.07, 6.45) is -0.792. The monoisotopic (exact) mass is 405 g/mol. The number of carbonyl (C=O) groups excluding carboxylic acids is 1. The largest absolute Gasteiger partial charge is 0.430 e. The van der Waals surface area contributed by atoms with Crippen molar-refractivity contribution in [3.8, 4) is 10.6 Å². The molecule has 3 rings (SSSR count). The summed E-state index contributed by atoms with van der Waals surface area (Å²) in [7, 11) is 1.25. The first kappa shape index (κ1) is 19.5. The molecule has 6 nitrogen and oxygen atoms in total. The molecule has 1 amide bonds. The van der Waals surface area contributed by atoms with Gasteiger partial charge in [0.1, 0.15) is 16.5 Å². The van der Waals surface area contributed by atoms with Crippen LogP contribution in [0.4, 0.5) is 13.2 Å². The van der Waals surface area contributed by atoms with Crippen LogP contribution in [-0.4, -0.2) is 34.9 Å². The summed E-state index contributed by atoms with van der Waals surface area (Å²) < 4.78 is 37.6. The number of hydrogen-bond donors (Lipinski definition) is 2. The Kier molecular flexibility index (Phi) is 5.41. The highest BCUT2D eigenvalue weighted by Gasteiger charge is 2.31. The van der Waals surface area contributed by atoms with Crippen LogP contribution in [0.5, 0.6) is 0 Å². The van der Waals surface area contributed by atoms with Crippen LogP contribution in [0.1, 0.15) is 10.4 Å². The molecule has 0 aliphatic heterocycles. The molecule has 0 saturated heterocycles. The molecule has 0 bridgehead atoms. The molecule has 144 valence electrons. The maximum atomic E-state index is 12.5. The van der Waals surface area contributed by atoms with Gasteiger partial charge in [-0.2, -0.15) is 13.2 Å². The maximum absolute atomic E-state index is 12.5. The molecule has 3 N–H and O–H groups in total. The lowest BCUT2D eigenvalue weighted by Gasteiger charge is -2.09. The third-order valence-electron chi connectivity index (χ3n) is 3.73. The average Bonchev–Trinajstić information content (AvgIpc) is 3.20. The normalized spacial score (nSPS) is 13.0. The molecule has 3 aromatic rings. The quantitative estimate of drug-likeness (QED) is 0.515. The molecule has 0 spiro atoms. The van der Waals surface area contributed by atoms with E-state index in [1.54, 1.807) is 30.6 Å². The molecular formula is C18H14F3N5OS. The molecule has 2 aromatic heterocycles. The highest BCUT2D eigenvalue weighted by molar-refractivity contribution is 7.13. The van der Waals surface area contributed by atoms with Crippen molar-refractivity contribution in [1.82, 2.24) is 15.3 Å². The van der Waals surface area contributed by atoms with Crippen molar-refractivity contribution in [2.45, 2.75) is 6.18 Å². The Balaban J connectivity index is 1.83. The summed E-state index contributed by atoms with van der Waals surface area (Å²) in [4.78, 5) is 24.5. The minimum atomic E-state index is -4.71. The van der Waals surface area contributed by atoms with Crippen LogP contribution in [0.15, 0.2) is 58.8 Å². The van der Waals surface area contributed by atoms with Crippen molar-refractivity contribution < 1.29 is 18.0 Å². The van der Waals surface area contributed by atoms with Crippen LogP contribution in [-0.2, 0) is 0 Å². The fourth-order valence-electron chi connectivity index (χ4n) is 2.32. The third-order valence-corrected chi connectivity index (χ3v) is 4.55. The van der Waals surface area contributed by atoms with E-state index < -0.39 is 17.8 Å². The van der Waals surface area contributed by atoms with E-state index >= 15 is 0 Å². The third kappa shape index (κ3) is 4.34. The molecule has 2 heterocycles. The first-order valence-electron chi connectivity index (χ1n) is 7.90. The van der Waals surface area contributed by atoms with Crippen molar-refractivity contribution in [2.75, 3.05) is 7.05 Å². The van der Waals surface area contributed by atoms with Gasteiger partial charge in [0.25, 0.3) is 5.91 Å². The van der Waals surface area contributed by atoms with Gasteiger partial charge in [-0.3, -0.25) is 14.8 Å². The molecule has 0 aliphatic rings. The van der Waals surface area contributed by atoms with E-state index in [4.69, 9.17) is 5.73 Å². The summed E-state index contributed by atoms with van der Waals surface area (Å²) >= 11 is 1.48. The lowest BCUT2D eigenvalue weighted by atomic mass is 10.1. The number of alkyl halides is 3. The molecule has 28 heavy (non-hydrogen) atoms. The summed E-state index contributed by atoms with van der Waals surface area (Å²) in [5.41, 5.74) is 5.24. The zero-order valence-electron chi connectivity index (χ0n) is 14.5. The molecule has 1 aromatic carbocycles. The van der Waals surface area contributed by atoms with E-state index in [1.165, 1.54) is 18.4 Å². The number of rotatable bonds is 3. The number of nitrogens with two attached hydrogens (primary N) is 1. The van der Waals surface area contributed by atoms with E-state index in [1.807, 2.05) is 11.4 Å². The van der Waals surface area contributed by atoms with Gasteiger partial charge in [-0.1, -0.05) is 6.07 Å². The van der Waals surface area contributed by atoms with E-state index in [2.05, 4.69) is 20.3 Å². The molecule has 0 saturated carbocycles.